The summed E-state index contributed by atoms with van der Waals surface area (Å²) in [5.74, 6) is -7.05. The van der Waals surface area contributed by atoms with Crippen LogP contribution in [0.5, 0.6) is 5.75 Å². The van der Waals surface area contributed by atoms with E-state index >= 15 is 0 Å². The van der Waals surface area contributed by atoms with Gasteiger partial charge in [-0.25, -0.2) is 4.39 Å². The molecule has 0 saturated carbocycles. The second kappa shape index (κ2) is 9.76. The molecule has 0 unspecified atom stereocenters. The van der Waals surface area contributed by atoms with Gasteiger partial charge in [0.15, 0.2) is 11.4 Å². The van der Waals surface area contributed by atoms with Crippen LogP contribution in [0.15, 0.2) is 53.0 Å². The van der Waals surface area contributed by atoms with Gasteiger partial charge in [0.05, 0.1) is 5.56 Å². The van der Waals surface area contributed by atoms with Gasteiger partial charge in [0.25, 0.3) is 5.91 Å². The van der Waals surface area contributed by atoms with Gasteiger partial charge in [-0.3, -0.25) is 14.4 Å². The van der Waals surface area contributed by atoms with Crippen molar-refractivity contribution in [1.29, 1.82) is 0 Å². The van der Waals surface area contributed by atoms with Crippen LogP contribution in [0.3, 0.4) is 0 Å². The molecule has 210 valence electrons. The molecule has 3 aliphatic rings. The molecule has 40 heavy (non-hydrogen) atoms. The number of halogens is 1. The van der Waals surface area contributed by atoms with E-state index in [0.717, 1.165) is 0 Å². The number of Topliss-reactive ketones (excluding diaryl/α,β-unsaturated/α-hetero) is 2. The summed E-state index contributed by atoms with van der Waals surface area (Å²) in [5, 5.41) is 47.3. The molecule has 1 amide bonds. The fourth-order valence-electron chi connectivity index (χ4n) is 6.23. The number of benzene rings is 2. The van der Waals surface area contributed by atoms with Gasteiger partial charge in [-0.05, 0) is 36.5 Å². The zero-order valence-corrected chi connectivity index (χ0v) is 22.0. The highest BCUT2D eigenvalue weighted by Crippen LogP contribution is 2.52. The Bertz CT molecular complexity index is 1530. The van der Waals surface area contributed by atoms with E-state index < -0.39 is 52.0 Å². The summed E-state index contributed by atoms with van der Waals surface area (Å²) in [7, 11) is 3.56. The Hall–Kier alpha value is -4.22. The van der Waals surface area contributed by atoms with E-state index in [9.17, 15) is 39.2 Å². The topological polar surface area (TPSA) is 173 Å². The number of hydrogen-bond donors (Lipinski definition) is 6. The van der Waals surface area contributed by atoms with E-state index in [0.29, 0.717) is 22.4 Å². The van der Waals surface area contributed by atoms with Crippen LogP contribution >= 0.6 is 0 Å². The first-order valence-corrected chi connectivity index (χ1v) is 12.8. The fraction of sp³-hybridized carbons (Fsp3) is 0.345. The van der Waals surface area contributed by atoms with E-state index in [1.807, 2.05) is 0 Å². The number of rotatable bonds is 6. The van der Waals surface area contributed by atoms with Crippen LogP contribution in [0, 0.1) is 17.7 Å². The van der Waals surface area contributed by atoms with Crippen LogP contribution in [-0.4, -0.2) is 57.6 Å². The van der Waals surface area contributed by atoms with Gasteiger partial charge in [0, 0.05) is 61.9 Å². The number of aliphatic hydroxyl groups is 3. The highest BCUT2D eigenvalue weighted by molar-refractivity contribution is 6.24. The minimum Gasteiger partial charge on any atom is -0.511 e. The molecule has 3 atom stereocenters. The number of anilines is 1. The summed E-state index contributed by atoms with van der Waals surface area (Å²) in [6.45, 7) is 0.258. The quantitative estimate of drug-likeness (QED) is 0.294. The number of carbonyl (C=O) groups excluding carboxylic acids is 3. The molecule has 0 radical (unpaired) electrons. The molecule has 0 heterocycles. The second-order valence-electron chi connectivity index (χ2n) is 10.8. The highest BCUT2D eigenvalue weighted by Gasteiger charge is 2.59. The molecule has 0 aromatic heterocycles. The lowest BCUT2D eigenvalue weighted by molar-refractivity contribution is -0.144. The van der Waals surface area contributed by atoms with E-state index in [2.05, 4.69) is 5.32 Å². The molecule has 11 heteroatoms. The van der Waals surface area contributed by atoms with Crippen LogP contribution in [0.1, 0.15) is 39.9 Å². The smallest absolute Gasteiger partial charge is 0.255 e. The maximum absolute atomic E-state index is 14.0. The number of phenols is 1. The number of nitrogens with one attached hydrogen (secondary N) is 1. The highest BCUT2D eigenvalue weighted by atomic mass is 19.1. The summed E-state index contributed by atoms with van der Waals surface area (Å²) in [5.41, 5.74) is 3.51. The number of primary amides is 1. The average molecular weight is 552 g/mol. The molecular formula is C29H30FN3O7. The number of carbonyl (C=O) groups is 3. The molecule has 0 fully saturated rings. The molecular weight excluding hydrogens is 521 g/mol. The predicted molar refractivity (Wildman–Crippen MR) is 142 cm³/mol. The number of nitrogens with two attached hydrogens (primary N) is 1. The average Bonchev–Trinajstić information content (AvgIpc) is 2.88. The van der Waals surface area contributed by atoms with Crippen molar-refractivity contribution in [3.05, 3.63) is 81.1 Å². The van der Waals surface area contributed by atoms with Gasteiger partial charge >= 0.3 is 0 Å². The molecule has 2 aromatic rings. The van der Waals surface area contributed by atoms with Crippen molar-refractivity contribution >= 4 is 23.2 Å². The van der Waals surface area contributed by atoms with Crippen molar-refractivity contribution in [3.63, 3.8) is 0 Å². The predicted octanol–water partition coefficient (Wildman–Crippen LogP) is 2.08. The maximum Gasteiger partial charge on any atom is 0.255 e. The normalized spacial score (nSPS) is 24.0. The van der Waals surface area contributed by atoms with Gasteiger partial charge in [-0.2, -0.15) is 0 Å². The van der Waals surface area contributed by atoms with Gasteiger partial charge < -0.3 is 36.4 Å². The Morgan fingerprint density at radius 2 is 1.80 bits per heavy atom. The first-order chi connectivity index (χ1) is 18.9. The summed E-state index contributed by atoms with van der Waals surface area (Å²) in [4.78, 5) is 40.7. The molecule has 2 aromatic carbocycles. The minimum atomic E-state index is -2.62. The Labute approximate surface area is 229 Å². The number of amides is 1. The monoisotopic (exact) mass is 551 g/mol. The fourth-order valence-corrected chi connectivity index (χ4v) is 6.23. The minimum absolute atomic E-state index is 0.0580. The standard InChI is InChI=1S/C29H30FN3O7/c1-33(2)19-9-15(12-32-11-13-5-3-4-6-18(13)30)24(35)22-17(19)8-14-7-16-10-20(34)23(28(31)39)27(38)29(16,40)26(37)21(14)25(22)36/h3-6,9,14,16,32,34-35,37,40H,7-8,10-12H2,1-2H3,(H2,31,39)/t14-,16+,29+/m1/s1. The van der Waals surface area contributed by atoms with E-state index in [-0.39, 0.29) is 55.1 Å². The number of fused-ring (bicyclic) bond motifs is 3. The van der Waals surface area contributed by atoms with Crippen molar-refractivity contribution in [2.45, 2.75) is 38.0 Å². The summed E-state index contributed by atoms with van der Waals surface area (Å²) >= 11 is 0. The molecule has 0 aliphatic heterocycles. The number of hydrogen-bond acceptors (Lipinski definition) is 9. The summed E-state index contributed by atoms with van der Waals surface area (Å²) in [6, 6.07) is 8.00. The molecule has 0 saturated heterocycles. The Kier molecular flexibility index (Phi) is 6.67. The maximum atomic E-state index is 14.0. The number of nitrogens with zero attached hydrogens (tertiary/aromatic N) is 1. The first kappa shape index (κ1) is 27.4. The molecule has 10 nitrogen and oxygen atoms in total. The first-order valence-electron chi connectivity index (χ1n) is 12.8. The van der Waals surface area contributed by atoms with Crippen LogP contribution in [0.4, 0.5) is 10.1 Å². The van der Waals surface area contributed by atoms with Crippen molar-refractivity contribution in [2.24, 2.45) is 17.6 Å². The van der Waals surface area contributed by atoms with Crippen LogP contribution in [0.25, 0.3) is 0 Å². The number of ketones is 2. The molecule has 7 N–H and O–H groups in total. The number of aromatic hydroxyl groups is 1. The zero-order chi connectivity index (χ0) is 29.1. The zero-order valence-electron chi connectivity index (χ0n) is 22.0. The van der Waals surface area contributed by atoms with Crippen LogP contribution in [0.2, 0.25) is 0 Å². The van der Waals surface area contributed by atoms with Gasteiger partial charge in [0.2, 0.25) is 5.78 Å². The van der Waals surface area contributed by atoms with Crippen molar-refractivity contribution < 1.29 is 39.2 Å². The Morgan fingerprint density at radius 1 is 1.12 bits per heavy atom. The summed E-state index contributed by atoms with van der Waals surface area (Å²) in [6.07, 6.45) is -0.0192. The molecule has 0 bridgehead atoms. The van der Waals surface area contributed by atoms with E-state index in [1.54, 1.807) is 43.3 Å². The van der Waals surface area contributed by atoms with Crippen LogP contribution in [-0.2, 0) is 29.1 Å². The number of phenolic OH excluding ortho intramolecular Hbond substituents is 1. The number of allylic oxidation sites excluding steroid dienone is 2. The largest absolute Gasteiger partial charge is 0.511 e. The van der Waals surface area contributed by atoms with Gasteiger partial charge in [-0.1, -0.05) is 18.2 Å². The van der Waals surface area contributed by atoms with Crippen molar-refractivity contribution in [3.8, 4) is 5.75 Å². The third-order valence-corrected chi connectivity index (χ3v) is 8.19. The second-order valence-corrected chi connectivity index (χ2v) is 10.8. The van der Waals surface area contributed by atoms with Crippen molar-refractivity contribution in [1.82, 2.24) is 5.32 Å². The van der Waals surface area contributed by atoms with Gasteiger partial charge in [-0.15, -0.1) is 0 Å². The lowest BCUT2D eigenvalue weighted by atomic mass is 9.60. The third kappa shape index (κ3) is 4.04. The Balaban J connectivity index is 1.56. The van der Waals surface area contributed by atoms with E-state index in [4.69, 9.17) is 5.73 Å². The van der Waals surface area contributed by atoms with Gasteiger partial charge in [0.1, 0.15) is 28.7 Å². The molecule has 5 rings (SSSR count). The van der Waals surface area contributed by atoms with Crippen LogP contribution < -0.4 is 16.0 Å². The lowest BCUT2D eigenvalue weighted by Gasteiger charge is -2.46. The number of aliphatic hydroxyl groups excluding tert-OH is 2. The SMILES string of the molecule is CN(C)c1cc(CNCc2ccccc2F)c(O)c2c1C[C@H]1C[C@H]3CC(O)=C(C(N)=O)C(=O)[C@@]3(O)C(O)=C1C2=O. The summed E-state index contributed by atoms with van der Waals surface area (Å²) < 4.78 is 14.0. The molecule has 0 spiro atoms. The third-order valence-electron chi connectivity index (χ3n) is 8.19. The Morgan fingerprint density at radius 3 is 2.45 bits per heavy atom. The van der Waals surface area contributed by atoms with E-state index in [1.165, 1.54) is 6.07 Å². The lowest BCUT2D eigenvalue weighted by Crippen LogP contribution is -2.57. The van der Waals surface area contributed by atoms with Crippen molar-refractivity contribution in [2.75, 3.05) is 19.0 Å². The molecule has 3 aliphatic carbocycles.